The van der Waals surface area contributed by atoms with Gasteiger partial charge in [-0.25, -0.2) is 0 Å². The number of anilines is 1. The molecule has 0 radical (unpaired) electrons. The predicted octanol–water partition coefficient (Wildman–Crippen LogP) is 12.8. The highest BCUT2D eigenvalue weighted by atomic mass is 15.2. The van der Waals surface area contributed by atoms with Crippen LogP contribution in [0.2, 0.25) is 0 Å². The van der Waals surface area contributed by atoms with Gasteiger partial charge in [0.15, 0.2) is 0 Å². The number of hydrogen-bond acceptors (Lipinski definition) is 1. The molecular weight excluding hydrogens is 593 g/mol. The second-order valence-electron chi connectivity index (χ2n) is 12.8. The van der Waals surface area contributed by atoms with Crippen molar-refractivity contribution in [2.45, 2.75) is 46.5 Å². The zero-order valence-corrected chi connectivity index (χ0v) is 28.9. The molecule has 0 atom stereocenters. The molecule has 0 unspecified atom stereocenters. The number of aromatic nitrogens is 1. The van der Waals surface area contributed by atoms with Crippen LogP contribution in [0.25, 0.3) is 39.1 Å². The van der Waals surface area contributed by atoms with E-state index in [1.165, 1.54) is 78.0 Å². The molecule has 0 aliphatic heterocycles. The average molecular weight is 637 g/mol. The molecule has 0 N–H and O–H groups in total. The first-order valence-corrected chi connectivity index (χ1v) is 17.5. The monoisotopic (exact) mass is 636 g/mol. The summed E-state index contributed by atoms with van der Waals surface area (Å²) in [6, 6.07) is 33.6. The van der Waals surface area contributed by atoms with Crippen LogP contribution in [0.5, 0.6) is 0 Å². The quantitative estimate of drug-likeness (QED) is 0.138. The van der Waals surface area contributed by atoms with Gasteiger partial charge in [0.05, 0.1) is 16.7 Å². The molecule has 1 aromatic heterocycles. The van der Waals surface area contributed by atoms with E-state index >= 15 is 0 Å². The lowest BCUT2D eigenvalue weighted by atomic mass is 9.94. The average Bonchev–Trinajstić information content (AvgIpc) is 3.71. The minimum absolute atomic E-state index is 0.831. The lowest BCUT2D eigenvalue weighted by molar-refractivity contribution is 0.860. The van der Waals surface area contributed by atoms with E-state index in [0.29, 0.717) is 0 Å². The first-order valence-electron chi connectivity index (χ1n) is 17.5. The highest BCUT2D eigenvalue weighted by Gasteiger charge is 2.23. The van der Waals surface area contributed by atoms with Crippen molar-refractivity contribution in [2.24, 2.45) is 0 Å². The molecule has 2 heteroatoms. The lowest BCUT2D eigenvalue weighted by Crippen LogP contribution is -2.23. The standard InChI is InChI=1S/C47H44N2/c1-5-8-10-22-38(7-3)48(44-26-16-11-19-34(44)4)39-29-30-47-43(33-39)42-25-15-18-28-46(42)49(47)45-27-17-14-24-41(45)40(23-9-6-2)37-31-35-20-12-13-21-36(35)32-37/h5-15,17-21,23-25,27-31,33H,1,16,22,26,32H2,2-4H3/b9-6-,10-8-,38-7+,40-23+. The molecule has 49 heavy (non-hydrogen) atoms. The molecular formula is C47H44N2. The van der Waals surface area contributed by atoms with Crippen LogP contribution >= 0.6 is 0 Å². The Balaban J connectivity index is 1.42. The molecule has 0 spiro atoms. The molecule has 2 aliphatic rings. The maximum Gasteiger partial charge on any atom is 0.0542 e. The summed E-state index contributed by atoms with van der Waals surface area (Å²) >= 11 is 0. The van der Waals surface area contributed by atoms with E-state index in [0.717, 1.165) is 25.7 Å². The molecule has 0 amide bonds. The van der Waals surface area contributed by atoms with Gasteiger partial charge in [-0.3, -0.25) is 0 Å². The summed E-state index contributed by atoms with van der Waals surface area (Å²) in [7, 11) is 0. The summed E-state index contributed by atoms with van der Waals surface area (Å²) in [5, 5.41) is 2.50. The number of fused-ring (bicyclic) bond motifs is 4. The summed E-state index contributed by atoms with van der Waals surface area (Å²) in [6.45, 7) is 10.4. The molecule has 0 fully saturated rings. The van der Waals surface area contributed by atoms with Crippen LogP contribution in [0.1, 0.15) is 56.7 Å². The summed E-state index contributed by atoms with van der Waals surface area (Å²) in [5.74, 6) is 0. The van der Waals surface area contributed by atoms with Gasteiger partial charge in [0.25, 0.3) is 0 Å². The van der Waals surface area contributed by atoms with E-state index in [1.54, 1.807) is 0 Å². The van der Waals surface area contributed by atoms with Crippen molar-refractivity contribution in [2.75, 3.05) is 4.90 Å². The molecule has 0 saturated heterocycles. The number of benzene rings is 4. The number of hydrogen-bond donors (Lipinski definition) is 0. The fraction of sp³-hybridized carbons (Fsp3) is 0.149. The van der Waals surface area contributed by atoms with E-state index in [4.69, 9.17) is 0 Å². The summed E-state index contributed by atoms with van der Waals surface area (Å²) < 4.78 is 2.47. The van der Waals surface area contributed by atoms with Gasteiger partial charge in [0, 0.05) is 39.8 Å². The second kappa shape index (κ2) is 14.3. The van der Waals surface area contributed by atoms with E-state index in [-0.39, 0.29) is 0 Å². The molecule has 1 heterocycles. The van der Waals surface area contributed by atoms with Crippen molar-refractivity contribution >= 4 is 39.1 Å². The van der Waals surface area contributed by atoms with Crippen LogP contribution in [-0.2, 0) is 6.42 Å². The predicted molar refractivity (Wildman–Crippen MR) is 213 cm³/mol. The third kappa shape index (κ3) is 6.11. The van der Waals surface area contributed by atoms with Crippen molar-refractivity contribution in [1.29, 1.82) is 0 Å². The van der Waals surface area contributed by atoms with Crippen LogP contribution in [0, 0.1) is 0 Å². The lowest BCUT2D eigenvalue weighted by Gasteiger charge is -2.32. The first kappa shape index (κ1) is 32.0. The maximum atomic E-state index is 3.89. The van der Waals surface area contributed by atoms with Crippen LogP contribution in [-0.4, -0.2) is 4.57 Å². The van der Waals surface area contributed by atoms with Gasteiger partial charge < -0.3 is 9.47 Å². The Labute approximate surface area is 291 Å². The zero-order valence-electron chi connectivity index (χ0n) is 28.9. The third-order valence-corrected chi connectivity index (χ3v) is 9.78. The number of nitrogens with zero attached hydrogens (tertiary/aromatic N) is 2. The Morgan fingerprint density at radius 3 is 2.49 bits per heavy atom. The van der Waals surface area contributed by atoms with E-state index in [2.05, 4.69) is 176 Å². The fourth-order valence-electron chi connectivity index (χ4n) is 7.45. The Bertz CT molecular complexity index is 2270. The van der Waals surface area contributed by atoms with Crippen molar-refractivity contribution < 1.29 is 0 Å². The van der Waals surface area contributed by atoms with Crippen LogP contribution in [0.15, 0.2) is 175 Å². The number of para-hydroxylation sites is 2. The maximum absolute atomic E-state index is 3.89. The Morgan fingerprint density at radius 1 is 0.878 bits per heavy atom. The van der Waals surface area contributed by atoms with Crippen LogP contribution < -0.4 is 4.90 Å². The minimum atomic E-state index is 0.831. The highest BCUT2D eigenvalue weighted by Crippen LogP contribution is 2.42. The third-order valence-electron chi connectivity index (χ3n) is 9.78. The van der Waals surface area contributed by atoms with Gasteiger partial charge in [0.2, 0.25) is 0 Å². The topological polar surface area (TPSA) is 8.17 Å². The van der Waals surface area contributed by atoms with Crippen molar-refractivity contribution in [3.8, 4) is 5.69 Å². The first-order chi connectivity index (χ1) is 24.1. The molecule has 7 rings (SSSR count). The largest absolute Gasteiger partial charge is 0.318 e. The van der Waals surface area contributed by atoms with Gasteiger partial charge in [-0.15, -0.1) is 0 Å². The minimum Gasteiger partial charge on any atom is -0.318 e. The number of rotatable bonds is 10. The van der Waals surface area contributed by atoms with Crippen LogP contribution in [0.3, 0.4) is 0 Å². The Morgan fingerprint density at radius 2 is 1.67 bits per heavy atom. The summed E-state index contributed by atoms with van der Waals surface area (Å²) in [6.07, 6.45) is 25.7. The SMILES string of the molecule is C=C/C=C\C/C(=C\C)N(C1=C(C)C=CCC1)c1ccc2c(c1)c1ccccc1n2-c1ccccc1/C(=C/C=C\C)C1=Cc2ccccc2C1. The normalized spacial score (nSPS) is 15.2. The molecule has 0 bridgehead atoms. The summed E-state index contributed by atoms with van der Waals surface area (Å²) in [5.41, 5.74) is 15.3. The van der Waals surface area contributed by atoms with E-state index in [1.807, 2.05) is 12.2 Å². The smallest absolute Gasteiger partial charge is 0.0542 e. The van der Waals surface area contributed by atoms with Crippen LogP contribution in [0.4, 0.5) is 5.69 Å². The molecule has 4 aromatic carbocycles. The van der Waals surface area contributed by atoms with E-state index in [9.17, 15) is 0 Å². The zero-order chi connectivity index (χ0) is 33.7. The Kier molecular flexibility index (Phi) is 9.30. The second-order valence-corrected chi connectivity index (χ2v) is 12.8. The van der Waals surface area contributed by atoms with Crippen molar-refractivity contribution in [3.63, 3.8) is 0 Å². The molecule has 0 saturated carbocycles. The van der Waals surface area contributed by atoms with Gasteiger partial charge >= 0.3 is 0 Å². The molecule has 2 nitrogen and oxygen atoms in total. The molecule has 5 aromatic rings. The van der Waals surface area contributed by atoms with Gasteiger partial charge in [-0.1, -0.05) is 128 Å². The fourth-order valence-corrected chi connectivity index (χ4v) is 7.45. The molecule has 2 aliphatic carbocycles. The Hall–Kier alpha value is -5.60. The van der Waals surface area contributed by atoms with Gasteiger partial charge in [-0.05, 0) is 98.2 Å². The van der Waals surface area contributed by atoms with Gasteiger partial charge in [-0.2, -0.15) is 0 Å². The van der Waals surface area contributed by atoms with Crippen molar-refractivity contribution in [1.82, 2.24) is 4.57 Å². The van der Waals surface area contributed by atoms with Gasteiger partial charge in [0.1, 0.15) is 0 Å². The molecule has 242 valence electrons. The summed E-state index contributed by atoms with van der Waals surface area (Å²) in [4.78, 5) is 2.49. The van der Waals surface area contributed by atoms with E-state index < -0.39 is 0 Å². The van der Waals surface area contributed by atoms with Crippen molar-refractivity contribution in [3.05, 3.63) is 191 Å². The number of allylic oxidation sites excluding steroid dienone is 13. The highest BCUT2D eigenvalue weighted by molar-refractivity contribution is 6.11.